The number of carbonyl (C=O) groups is 2. The molecule has 0 aromatic rings. The zero-order chi connectivity index (χ0) is 59.9. The van der Waals surface area contributed by atoms with Crippen molar-refractivity contribution in [3.8, 4) is 0 Å². The van der Waals surface area contributed by atoms with Crippen LogP contribution in [0.3, 0.4) is 0 Å². The van der Waals surface area contributed by atoms with Crippen molar-refractivity contribution in [2.75, 3.05) is 7.11 Å². The van der Waals surface area contributed by atoms with Crippen LogP contribution in [-0.4, -0.2) is 164 Å². The Balaban J connectivity index is 1.38. The van der Waals surface area contributed by atoms with E-state index in [4.69, 9.17) is 42.6 Å². The fraction of sp³-hybridized carbons (Fsp3) is 0.778. The Morgan fingerprint density at radius 1 is 0.593 bits per heavy atom. The van der Waals surface area contributed by atoms with E-state index in [1.165, 1.54) is 19.3 Å². The SMILES string of the molecule is CCC1=C/C=C/[C@@H](CC)[C@@H]([C@H](C)[C@H](O)C[C@@]2(OC)C[C@@H](O[C@H]3C[C@@H](O)[C@H](O)[C@@H](C)O3)[C@H](CC)[C@@H](C)O2)OC(=O)/C=C/C(CC)=C/C=C\[C@@H](CC)[C@@H]([C@H](C)[C@H](O)C[C@]2(O)C[C@@H](O[C@H]3C[C@@H](O)[C@H](O)[C@@H](C)O3)[C@H](CC)[C@@H](C)O2)OC(=O)\C=C\1. The standard InChI is InChI=1S/C63H102O18/c1-14-42-22-20-24-44(16-3)60(36(7)50(66)32-62(72)34-52(46(18-5)38(9)80-62)76-56-30-48(64)58(70)40(11)74-56)78-54(68)28-26-43(15-2)23-21-25-45(17-4)61(79-55(69)29-27-42)37(8)51(67)33-63(73-13)35-53(47(19-6)39(10)81-63)77-57-31-49(65)59(71)41(12)75-57/h20-29,36-41,44-53,56-61,64-67,70-72H,14-19,30-35H2,1-13H3/b24-20-,25-21+,28-26+,29-27+,42-22+,43-23-/t36-,37-,38-,39-,40-,41-,44-,45-,46-,47-,48-,49-,50-,51-,52-,53-,56+,57+,58-,59-,60-,61-,62-,63+/m1/s1. The van der Waals surface area contributed by atoms with Gasteiger partial charge in [0.1, 0.15) is 24.4 Å². The highest BCUT2D eigenvalue weighted by atomic mass is 16.7. The molecular formula is C63H102O18. The van der Waals surface area contributed by atoms with E-state index in [0.29, 0.717) is 32.1 Å². The van der Waals surface area contributed by atoms with E-state index in [1.54, 1.807) is 32.9 Å². The van der Waals surface area contributed by atoms with Gasteiger partial charge in [-0.3, -0.25) is 0 Å². The number of rotatable bonds is 19. The predicted molar refractivity (Wildman–Crippen MR) is 304 cm³/mol. The van der Waals surface area contributed by atoms with Crippen LogP contribution in [0.5, 0.6) is 0 Å². The van der Waals surface area contributed by atoms with Crippen LogP contribution < -0.4 is 0 Å². The van der Waals surface area contributed by atoms with Gasteiger partial charge in [0.2, 0.25) is 0 Å². The van der Waals surface area contributed by atoms with E-state index in [9.17, 15) is 45.3 Å². The number of aliphatic hydroxyl groups is 7. The molecule has 4 saturated heterocycles. The maximum Gasteiger partial charge on any atom is 0.331 e. The van der Waals surface area contributed by atoms with Crippen molar-refractivity contribution in [3.63, 3.8) is 0 Å². The van der Waals surface area contributed by atoms with Gasteiger partial charge in [-0.05, 0) is 77.4 Å². The first-order valence-electron chi connectivity index (χ1n) is 30.2. The summed E-state index contributed by atoms with van der Waals surface area (Å²) in [4.78, 5) is 27.9. The van der Waals surface area contributed by atoms with Gasteiger partial charge < -0.3 is 78.4 Å². The molecule has 18 nitrogen and oxygen atoms in total. The molecule has 5 heterocycles. The number of methoxy groups -OCH3 is 1. The first-order chi connectivity index (χ1) is 38.4. The van der Waals surface area contributed by atoms with Crippen LogP contribution in [0.25, 0.3) is 0 Å². The molecule has 0 aromatic heterocycles. The van der Waals surface area contributed by atoms with E-state index in [1.807, 2.05) is 98.8 Å². The molecule has 0 unspecified atom stereocenters. The Bertz CT molecular complexity index is 2120. The second-order valence-electron chi connectivity index (χ2n) is 23.6. The van der Waals surface area contributed by atoms with Crippen molar-refractivity contribution in [1.82, 2.24) is 0 Å². The third-order valence-electron chi connectivity index (χ3n) is 17.9. The van der Waals surface area contributed by atoms with Gasteiger partial charge in [-0.1, -0.05) is 104 Å². The van der Waals surface area contributed by atoms with Gasteiger partial charge in [0.05, 0.1) is 61.0 Å². The minimum Gasteiger partial charge on any atom is -0.458 e. The van der Waals surface area contributed by atoms with Crippen LogP contribution in [0.2, 0.25) is 0 Å². The first kappa shape index (κ1) is 68.6. The highest BCUT2D eigenvalue weighted by molar-refractivity contribution is 5.83. The normalized spacial score (nSPS) is 43.2. The fourth-order valence-corrected chi connectivity index (χ4v) is 12.6. The molecule has 5 rings (SSSR count). The van der Waals surface area contributed by atoms with Crippen LogP contribution >= 0.6 is 0 Å². The molecule has 0 aromatic carbocycles. The molecule has 4 fully saturated rings. The smallest absolute Gasteiger partial charge is 0.331 e. The second-order valence-corrected chi connectivity index (χ2v) is 23.6. The molecule has 0 aliphatic carbocycles. The van der Waals surface area contributed by atoms with E-state index in [-0.39, 0.29) is 62.4 Å². The molecule has 0 radical (unpaired) electrons. The molecule has 24 atom stereocenters. The molecule has 0 amide bonds. The Labute approximate surface area is 482 Å². The van der Waals surface area contributed by atoms with Crippen molar-refractivity contribution < 1.29 is 88.0 Å². The summed E-state index contributed by atoms with van der Waals surface area (Å²) in [6, 6.07) is 0. The van der Waals surface area contributed by atoms with Gasteiger partial charge in [0, 0.05) is 93.3 Å². The van der Waals surface area contributed by atoms with Gasteiger partial charge in [-0.15, -0.1) is 0 Å². The van der Waals surface area contributed by atoms with E-state index < -0.39 is 133 Å². The molecule has 462 valence electrons. The minimum atomic E-state index is -1.83. The van der Waals surface area contributed by atoms with Crippen molar-refractivity contribution in [3.05, 3.63) is 71.9 Å². The monoisotopic (exact) mass is 1150 g/mol. The number of hydrogen-bond acceptors (Lipinski definition) is 18. The first-order valence-corrected chi connectivity index (χ1v) is 30.2. The number of carbonyl (C=O) groups excluding carboxylic acids is 2. The lowest BCUT2D eigenvalue weighted by molar-refractivity contribution is -0.337. The predicted octanol–water partition coefficient (Wildman–Crippen LogP) is 7.73. The average molecular weight is 1150 g/mol. The van der Waals surface area contributed by atoms with Crippen LogP contribution in [0.15, 0.2) is 71.9 Å². The van der Waals surface area contributed by atoms with Gasteiger partial charge in [0.15, 0.2) is 24.2 Å². The van der Waals surface area contributed by atoms with Crippen molar-refractivity contribution >= 4 is 11.9 Å². The summed E-state index contributed by atoms with van der Waals surface area (Å²) in [5, 5.41) is 78.0. The van der Waals surface area contributed by atoms with Gasteiger partial charge in [0.25, 0.3) is 0 Å². The quantitative estimate of drug-likeness (QED) is 0.0610. The van der Waals surface area contributed by atoms with Gasteiger partial charge in [-0.25, -0.2) is 9.59 Å². The Morgan fingerprint density at radius 3 is 1.41 bits per heavy atom. The van der Waals surface area contributed by atoms with Crippen LogP contribution in [0.1, 0.15) is 160 Å². The molecule has 81 heavy (non-hydrogen) atoms. The Hall–Kier alpha value is -3.18. The molecule has 0 bridgehead atoms. The van der Waals surface area contributed by atoms with Gasteiger partial charge >= 0.3 is 11.9 Å². The largest absolute Gasteiger partial charge is 0.458 e. The molecule has 5 aliphatic rings. The molecule has 0 spiro atoms. The molecule has 7 N–H and O–H groups in total. The summed E-state index contributed by atoms with van der Waals surface area (Å²) in [7, 11) is 1.53. The highest BCUT2D eigenvalue weighted by Gasteiger charge is 2.51. The van der Waals surface area contributed by atoms with Crippen molar-refractivity contribution in [2.24, 2.45) is 35.5 Å². The summed E-state index contributed by atoms with van der Waals surface area (Å²) in [5.41, 5.74) is 1.59. The number of cyclic esters (lactones) is 2. The topological polar surface area (TPSA) is 259 Å². The lowest BCUT2D eigenvalue weighted by atomic mass is 9.80. The number of hydrogen-bond donors (Lipinski definition) is 7. The summed E-state index contributed by atoms with van der Waals surface area (Å²) in [6.45, 7) is 22.7. The maximum atomic E-state index is 14.0. The van der Waals surface area contributed by atoms with Crippen molar-refractivity contribution in [2.45, 2.75) is 270 Å². The summed E-state index contributed by atoms with van der Waals surface area (Å²) in [5.74, 6) is -6.63. The van der Waals surface area contributed by atoms with E-state index in [0.717, 1.165) is 17.6 Å². The molecular weight excluding hydrogens is 1040 g/mol. The maximum absolute atomic E-state index is 14.0. The third kappa shape index (κ3) is 18.7. The molecule has 0 saturated carbocycles. The number of esters is 2. The summed E-state index contributed by atoms with van der Waals surface area (Å²) in [6.07, 6.45) is 8.43. The highest BCUT2D eigenvalue weighted by Crippen LogP contribution is 2.44. The number of aliphatic hydroxyl groups excluding tert-OH is 6. The Morgan fingerprint density at radius 2 is 1.01 bits per heavy atom. The zero-order valence-corrected chi connectivity index (χ0v) is 50.6. The number of ether oxygens (including phenoxy) is 9. The van der Waals surface area contributed by atoms with E-state index >= 15 is 0 Å². The lowest BCUT2D eigenvalue weighted by Crippen LogP contribution is -2.56. The number of allylic oxidation sites excluding steroid dienone is 8. The third-order valence-corrected chi connectivity index (χ3v) is 17.9. The van der Waals surface area contributed by atoms with Gasteiger partial charge in [-0.2, -0.15) is 0 Å². The van der Waals surface area contributed by atoms with Crippen LogP contribution in [-0.2, 0) is 52.2 Å². The summed E-state index contributed by atoms with van der Waals surface area (Å²) >= 11 is 0. The second kappa shape index (κ2) is 31.8. The average Bonchev–Trinajstić information content (AvgIpc) is 3.44. The zero-order valence-electron chi connectivity index (χ0n) is 50.6. The van der Waals surface area contributed by atoms with Crippen LogP contribution in [0, 0.1) is 35.5 Å². The lowest BCUT2D eigenvalue weighted by Gasteiger charge is -2.49. The summed E-state index contributed by atoms with van der Waals surface area (Å²) < 4.78 is 56.4. The molecule has 18 heteroatoms. The van der Waals surface area contributed by atoms with Crippen molar-refractivity contribution in [1.29, 1.82) is 0 Å². The van der Waals surface area contributed by atoms with E-state index in [2.05, 4.69) is 0 Å². The van der Waals surface area contributed by atoms with Crippen LogP contribution in [0.4, 0.5) is 0 Å². The minimum absolute atomic E-state index is 0.00264. The fourth-order valence-electron chi connectivity index (χ4n) is 12.6. The molecule has 5 aliphatic heterocycles. The Kier molecular flexibility index (Phi) is 26.9.